The first-order valence-electron chi connectivity index (χ1n) is 7.72. The van der Waals surface area contributed by atoms with Crippen LogP contribution < -0.4 is 9.62 Å². The molecule has 8 nitrogen and oxygen atoms in total. The van der Waals surface area contributed by atoms with Crippen molar-refractivity contribution < 1.29 is 17.9 Å². The molecule has 3 heterocycles. The second kappa shape index (κ2) is 7.46. The van der Waals surface area contributed by atoms with Gasteiger partial charge in [0.2, 0.25) is 10.0 Å². The Labute approximate surface area is 149 Å². The summed E-state index contributed by atoms with van der Waals surface area (Å²) >= 11 is 1.20. The van der Waals surface area contributed by atoms with Gasteiger partial charge in [-0.15, -0.1) is 21.5 Å². The van der Waals surface area contributed by atoms with Gasteiger partial charge >= 0.3 is 5.97 Å². The molecule has 1 N–H and O–H groups in total. The normalized spacial score (nSPS) is 16.0. The number of nitrogens with zero attached hydrogens (tertiary/aromatic N) is 3. The van der Waals surface area contributed by atoms with Gasteiger partial charge in [-0.2, -0.15) is 0 Å². The fourth-order valence-corrected chi connectivity index (χ4v) is 4.94. The lowest BCUT2D eigenvalue weighted by atomic mass is 10.1. The molecule has 3 rings (SSSR count). The van der Waals surface area contributed by atoms with E-state index in [9.17, 15) is 13.2 Å². The van der Waals surface area contributed by atoms with Crippen LogP contribution in [-0.2, 0) is 14.8 Å². The summed E-state index contributed by atoms with van der Waals surface area (Å²) in [6, 6.07) is 6.50. The van der Waals surface area contributed by atoms with E-state index in [0.29, 0.717) is 36.0 Å². The van der Waals surface area contributed by atoms with Crippen molar-refractivity contribution in [2.24, 2.45) is 0 Å². The number of methoxy groups -OCH3 is 1. The summed E-state index contributed by atoms with van der Waals surface area (Å²) in [6.45, 7) is 1.31. The Morgan fingerprint density at radius 2 is 2.04 bits per heavy atom. The van der Waals surface area contributed by atoms with Crippen molar-refractivity contribution in [3.05, 3.63) is 35.3 Å². The lowest BCUT2D eigenvalue weighted by Gasteiger charge is -2.32. The minimum Gasteiger partial charge on any atom is -0.464 e. The van der Waals surface area contributed by atoms with Crippen LogP contribution in [0.1, 0.15) is 23.3 Å². The smallest absolute Gasteiger partial charge is 0.358 e. The molecule has 0 radical (unpaired) electrons. The molecule has 1 saturated heterocycles. The third-order valence-electron chi connectivity index (χ3n) is 3.95. The number of thiophene rings is 1. The van der Waals surface area contributed by atoms with Gasteiger partial charge in [-0.3, -0.25) is 0 Å². The predicted octanol–water partition coefficient (Wildman–Crippen LogP) is 1.27. The molecule has 2 aromatic rings. The Kier molecular flexibility index (Phi) is 5.30. The van der Waals surface area contributed by atoms with Crippen LogP contribution >= 0.6 is 11.3 Å². The van der Waals surface area contributed by atoms with E-state index in [1.807, 2.05) is 4.90 Å². The van der Waals surface area contributed by atoms with Gasteiger partial charge in [0.05, 0.1) is 7.11 Å². The second-order valence-corrected chi connectivity index (χ2v) is 8.47. The van der Waals surface area contributed by atoms with Crippen LogP contribution in [0.15, 0.2) is 33.9 Å². The molecule has 0 saturated carbocycles. The first-order valence-corrected chi connectivity index (χ1v) is 10.1. The molecule has 0 aromatic carbocycles. The SMILES string of the molecule is COC(=O)c1ccc(N2CCC(NS(=O)(=O)c3cccs3)CC2)nn1. The van der Waals surface area contributed by atoms with E-state index >= 15 is 0 Å². The Morgan fingerprint density at radius 3 is 2.60 bits per heavy atom. The van der Waals surface area contributed by atoms with Crippen LogP contribution in [0, 0.1) is 0 Å². The molecule has 0 unspecified atom stereocenters. The molecule has 0 amide bonds. The van der Waals surface area contributed by atoms with Gasteiger partial charge in [-0.05, 0) is 36.4 Å². The number of rotatable bonds is 5. The molecule has 134 valence electrons. The zero-order valence-corrected chi connectivity index (χ0v) is 15.2. The van der Waals surface area contributed by atoms with Gasteiger partial charge in [-0.25, -0.2) is 17.9 Å². The fraction of sp³-hybridized carbons (Fsp3) is 0.400. The molecule has 0 spiro atoms. The Morgan fingerprint density at radius 1 is 1.28 bits per heavy atom. The quantitative estimate of drug-likeness (QED) is 0.777. The summed E-state index contributed by atoms with van der Waals surface area (Å²) < 4.78 is 32.2. The summed E-state index contributed by atoms with van der Waals surface area (Å²) in [4.78, 5) is 13.4. The summed E-state index contributed by atoms with van der Waals surface area (Å²) in [5.74, 6) is 0.132. The lowest BCUT2D eigenvalue weighted by Crippen LogP contribution is -2.44. The number of aromatic nitrogens is 2. The average Bonchev–Trinajstić information content (AvgIpc) is 3.17. The van der Waals surface area contributed by atoms with E-state index in [-0.39, 0.29) is 11.7 Å². The number of nitrogens with one attached hydrogen (secondary N) is 1. The van der Waals surface area contributed by atoms with E-state index in [0.717, 1.165) is 0 Å². The number of sulfonamides is 1. The maximum absolute atomic E-state index is 12.3. The first kappa shape index (κ1) is 17.8. The van der Waals surface area contributed by atoms with Crippen molar-refractivity contribution in [2.45, 2.75) is 23.1 Å². The monoisotopic (exact) mass is 382 g/mol. The summed E-state index contributed by atoms with van der Waals surface area (Å²) in [6.07, 6.45) is 1.34. The van der Waals surface area contributed by atoms with Gasteiger partial charge in [0, 0.05) is 19.1 Å². The Bertz CT molecular complexity index is 814. The van der Waals surface area contributed by atoms with E-state index in [2.05, 4.69) is 19.7 Å². The van der Waals surface area contributed by atoms with Gasteiger partial charge in [0.25, 0.3) is 0 Å². The van der Waals surface area contributed by atoms with E-state index in [1.165, 1.54) is 18.4 Å². The Balaban J connectivity index is 1.58. The zero-order valence-electron chi connectivity index (χ0n) is 13.6. The van der Waals surface area contributed by atoms with Gasteiger partial charge in [-0.1, -0.05) is 6.07 Å². The molecule has 10 heteroatoms. The maximum Gasteiger partial charge on any atom is 0.358 e. The van der Waals surface area contributed by atoms with Gasteiger partial charge < -0.3 is 9.64 Å². The van der Waals surface area contributed by atoms with Crippen molar-refractivity contribution in [2.75, 3.05) is 25.1 Å². The topological polar surface area (TPSA) is 101 Å². The van der Waals surface area contributed by atoms with Crippen molar-refractivity contribution in [3.8, 4) is 0 Å². The molecular weight excluding hydrogens is 364 g/mol. The standard InChI is InChI=1S/C15H18N4O4S2/c1-23-15(20)12-4-5-13(17-16-12)19-8-6-11(7-9-19)18-25(21,22)14-3-2-10-24-14/h2-5,10-11,18H,6-9H2,1H3. The molecule has 1 aliphatic rings. The molecule has 1 fully saturated rings. The minimum absolute atomic E-state index is 0.106. The summed E-state index contributed by atoms with van der Waals surface area (Å²) in [7, 11) is -2.15. The highest BCUT2D eigenvalue weighted by Gasteiger charge is 2.26. The number of carbonyl (C=O) groups excluding carboxylic acids is 1. The van der Waals surface area contributed by atoms with Crippen LogP contribution in [0.5, 0.6) is 0 Å². The molecular formula is C15H18N4O4S2. The minimum atomic E-state index is -3.45. The zero-order chi connectivity index (χ0) is 17.9. The lowest BCUT2D eigenvalue weighted by molar-refractivity contribution is 0.0592. The summed E-state index contributed by atoms with van der Waals surface area (Å²) in [5, 5.41) is 9.65. The van der Waals surface area contributed by atoms with Crippen molar-refractivity contribution in [1.29, 1.82) is 0 Å². The van der Waals surface area contributed by atoms with E-state index in [4.69, 9.17) is 0 Å². The number of hydrogen-bond donors (Lipinski definition) is 1. The highest BCUT2D eigenvalue weighted by Crippen LogP contribution is 2.21. The van der Waals surface area contributed by atoms with Crippen molar-refractivity contribution in [3.63, 3.8) is 0 Å². The largest absolute Gasteiger partial charge is 0.464 e. The third kappa shape index (κ3) is 4.14. The van der Waals surface area contributed by atoms with E-state index < -0.39 is 16.0 Å². The number of anilines is 1. The van der Waals surface area contributed by atoms with E-state index in [1.54, 1.807) is 29.6 Å². The van der Waals surface area contributed by atoms with Gasteiger partial charge in [0.1, 0.15) is 4.21 Å². The van der Waals surface area contributed by atoms with Crippen molar-refractivity contribution in [1.82, 2.24) is 14.9 Å². The molecule has 0 atom stereocenters. The number of ether oxygens (including phenoxy) is 1. The number of piperidine rings is 1. The van der Waals surface area contributed by atoms with Crippen LogP contribution in [0.4, 0.5) is 5.82 Å². The summed E-state index contributed by atoms with van der Waals surface area (Å²) in [5.41, 5.74) is 0.157. The van der Waals surface area contributed by atoms with Crippen LogP contribution in [-0.4, -0.2) is 50.8 Å². The first-order chi connectivity index (χ1) is 12.0. The van der Waals surface area contributed by atoms with Crippen LogP contribution in [0.25, 0.3) is 0 Å². The van der Waals surface area contributed by atoms with Crippen molar-refractivity contribution >= 4 is 33.1 Å². The average molecular weight is 382 g/mol. The third-order valence-corrected chi connectivity index (χ3v) is 6.86. The Hall–Kier alpha value is -2.04. The predicted molar refractivity (Wildman–Crippen MR) is 93.2 cm³/mol. The maximum atomic E-state index is 12.3. The second-order valence-electron chi connectivity index (χ2n) is 5.58. The highest BCUT2D eigenvalue weighted by molar-refractivity contribution is 7.91. The highest BCUT2D eigenvalue weighted by atomic mass is 32.2. The number of hydrogen-bond acceptors (Lipinski definition) is 8. The molecule has 0 bridgehead atoms. The number of esters is 1. The molecule has 25 heavy (non-hydrogen) atoms. The fourth-order valence-electron chi connectivity index (χ4n) is 2.63. The van der Waals surface area contributed by atoms with Crippen LogP contribution in [0.3, 0.4) is 0 Å². The molecule has 1 aliphatic heterocycles. The molecule has 0 aliphatic carbocycles. The van der Waals surface area contributed by atoms with Crippen LogP contribution in [0.2, 0.25) is 0 Å². The van der Waals surface area contributed by atoms with Gasteiger partial charge in [0.15, 0.2) is 11.5 Å². The molecule has 2 aromatic heterocycles. The number of carbonyl (C=O) groups is 1.